The normalized spacial score (nSPS) is 16.6. The van der Waals surface area contributed by atoms with Crippen LogP contribution in [0, 0.1) is 0 Å². The van der Waals surface area contributed by atoms with Crippen LogP contribution in [0.15, 0.2) is 68.2 Å². The lowest BCUT2D eigenvalue weighted by atomic mass is 9.96. The van der Waals surface area contributed by atoms with Gasteiger partial charge in [0, 0.05) is 0 Å². The summed E-state index contributed by atoms with van der Waals surface area (Å²) in [5.41, 5.74) is 2.66. The van der Waals surface area contributed by atoms with Gasteiger partial charge in [-0.2, -0.15) is 11.3 Å². The number of aromatic nitrogens is 1. The van der Waals surface area contributed by atoms with Gasteiger partial charge in [-0.1, -0.05) is 41.7 Å². The molecule has 3 aromatic rings. The van der Waals surface area contributed by atoms with E-state index in [2.05, 4.69) is 4.99 Å². The fourth-order valence-electron chi connectivity index (χ4n) is 3.25. The zero-order chi connectivity index (χ0) is 19.7. The van der Waals surface area contributed by atoms with Crippen LogP contribution in [0.2, 0.25) is 0 Å². The minimum Gasteiger partial charge on any atom is -0.463 e. The molecule has 4 rings (SSSR count). The van der Waals surface area contributed by atoms with Crippen LogP contribution in [0.1, 0.15) is 31.0 Å². The first kappa shape index (κ1) is 18.6. The van der Waals surface area contributed by atoms with Crippen LogP contribution in [0.5, 0.6) is 0 Å². The van der Waals surface area contributed by atoms with E-state index in [1.165, 1.54) is 11.3 Å². The van der Waals surface area contributed by atoms with Crippen molar-refractivity contribution in [2.45, 2.75) is 19.9 Å². The van der Waals surface area contributed by atoms with Crippen molar-refractivity contribution in [3.05, 3.63) is 89.2 Å². The summed E-state index contributed by atoms with van der Waals surface area (Å²) in [6.07, 6.45) is 1.87. The van der Waals surface area contributed by atoms with E-state index in [4.69, 9.17) is 4.74 Å². The summed E-state index contributed by atoms with van der Waals surface area (Å²) in [5, 5.41) is 3.96. The molecule has 0 N–H and O–H groups in total. The monoisotopic (exact) mass is 410 g/mol. The molecule has 0 saturated heterocycles. The molecule has 1 aromatic carbocycles. The largest absolute Gasteiger partial charge is 0.463 e. The van der Waals surface area contributed by atoms with Crippen LogP contribution in [0.3, 0.4) is 0 Å². The molecule has 0 radical (unpaired) electrons. The first-order valence-electron chi connectivity index (χ1n) is 8.87. The number of benzene rings is 1. The SMILES string of the molecule is CCOC(=O)C1=C(C)N=c2s/c(=C\c3ccsc3)c(=O)n2C1c1ccccc1. The van der Waals surface area contributed by atoms with Gasteiger partial charge in [-0.3, -0.25) is 9.36 Å². The molecule has 28 heavy (non-hydrogen) atoms. The highest BCUT2D eigenvalue weighted by Crippen LogP contribution is 2.30. The summed E-state index contributed by atoms with van der Waals surface area (Å²) in [5.74, 6) is -0.440. The van der Waals surface area contributed by atoms with Gasteiger partial charge >= 0.3 is 5.97 Å². The lowest BCUT2D eigenvalue weighted by Gasteiger charge is -2.24. The number of carbonyl (C=O) groups excluding carboxylic acids is 1. The Hall–Kier alpha value is -2.77. The second-order valence-electron chi connectivity index (χ2n) is 6.27. The van der Waals surface area contributed by atoms with Crippen LogP contribution >= 0.6 is 22.7 Å². The lowest BCUT2D eigenvalue weighted by Crippen LogP contribution is -2.39. The molecule has 1 aliphatic rings. The van der Waals surface area contributed by atoms with Gasteiger partial charge in [0.15, 0.2) is 4.80 Å². The number of allylic oxidation sites excluding steroid dienone is 1. The minimum atomic E-state index is -0.555. The molecule has 0 bridgehead atoms. The minimum absolute atomic E-state index is 0.155. The van der Waals surface area contributed by atoms with Crippen LogP contribution in [0.25, 0.3) is 6.08 Å². The highest BCUT2D eigenvalue weighted by atomic mass is 32.1. The molecule has 0 aliphatic carbocycles. The summed E-state index contributed by atoms with van der Waals surface area (Å²) in [7, 11) is 0. The molecule has 0 fully saturated rings. The average Bonchev–Trinajstić information content (AvgIpc) is 3.30. The Balaban J connectivity index is 1.97. The number of fused-ring (bicyclic) bond motifs is 1. The Bertz CT molecular complexity index is 1220. The molecule has 0 amide bonds. The number of thiophene rings is 1. The number of ether oxygens (including phenoxy) is 1. The van der Waals surface area contributed by atoms with E-state index in [0.717, 1.165) is 11.1 Å². The van der Waals surface area contributed by atoms with E-state index in [0.29, 0.717) is 20.6 Å². The van der Waals surface area contributed by atoms with Crippen molar-refractivity contribution in [3.8, 4) is 0 Å². The van der Waals surface area contributed by atoms with Gasteiger partial charge in [0.1, 0.15) is 0 Å². The third-order valence-corrected chi connectivity index (χ3v) is 6.16. The molecule has 1 unspecified atom stereocenters. The van der Waals surface area contributed by atoms with Crippen molar-refractivity contribution < 1.29 is 9.53 Å². The molecule has 5 nitrogen and oxygen atoms in total. The summed E-state index contributed by atoms with van der Waals surface area (Å²) in [6, 6.07) is 10.9. The predicted molar refractivity (Wildman–Crippen MR) is 111 cm³/mol. The Kier molecular flexibility index (Phi) is 5.11. The maximum atomic E-state index is 13.3. The average molecular weight is 411 g/mol. The predicted octanol–water partition coefficient (Wildman–Crippen LogP) is 2.86. The van der Waals surface area contributed by atoms with E-state index in [1.54, 1.807) is 29.8 Å². The quantitative estimate of drug-likeness (QED) is 0.622. The number of thiazole rings is 1. The van der Waals surface area contributed by atoms with Crippen molar-refractivity contribution in [2.75, 3.05) is 6.61 Å². The van der Waals surface area contributed by atoms with E-state index in [1.807, 2.05) is 53.2 Å². The number of esters is 1. The highest BCUT2D eigenvalue weighted by Gasteiger charge is 2.33. The smallest absolute Gasteiger partial charge is 0.338 e. The van der Waals surface area contributed by atoms with Crippen LogP contribution in [-0.4, -0.2) is 17.1 Å². The summed E-state index contributed by atoms with van der Waals surface area (Å²) >= 11 is 2.91. The Morgan fingerprint density at radius 3 is 2.75 bits per heavy atom. The first-order chi connectivity index (χ1) is 13.6. The van der Waals surface area contributed by atoms with Gasteiger partial charge in [0.25, 0.3) is 5.56 Å². The molecule has 3 heterocycles. The van der Waals surface area contributed by atoms with Crippen LogP contribution in [0.4, 0.5) is 0 Å². The van der Waals surface area contributed by atoms with Crippen molar-refractivity contribution in [3.63, 3.8) is 0 Å². The standard InChI is InChI=1S/C21H18N2O3S2/c1-3-26-20(25)17-13(2)22-21-23(18(17)15-7-5-4-6-8-15)19(24)16(28-21)11-14-9-10-27-12-14/h4-12,18H,3H2,1-2H3/b16-11-. The fraction of sp³-hybridized carbons (Fsp3) is 0.190. The molecular weight excluding hydrogens is 392 g/mol. The van der Waals surface area contributed by atoms with E-state index >= 15 is 0 Å². The summed E-state index contributed by atoms with van der Waals surface area (Å²) in [4.78, 5) is 31.1. The van der Waals surface area contributed by atoms with Gasteiger partial charge in [0.2, 0.25) is 0 Å². The Labute approximate surface area is 169 Å². The Morgan fingerprint density at radius 1 is 1.29 bits per heavy atom. The van der Waals surface area contributed by atoms with Crippen molar-refractivity contribution in [1.29, 1.82) is 0 Å². The van der Waals surface area contributed by atoms with Crippen molar-refractivity contribution >= 4 is 34.7 Å². The second-order valence-corrected chi connectivity index (χ2v) is 8.06. The molecule has 7 heteroatoms. The third kappa shape index (κ3) is 3.27. The molecule has 0 saturated carbocycles. The zero-order valence-electron chi connectivity index (χ0n) is 15.4. The maximum absolute atomic E-state index is 13.3. The van der Waals surface area contributed by atoms with Gasteiger partial charge in [-0.15, -0.1) is 0 Å². The van der Waals surface area contributed by atoms with Gasteiger partial charge in [-0.05, 0) is 47.9 Å². The number of hydrogen-bond donors (Lipinski definition) is 0. The fourth-order valence-corrected chi connectivity index (χ4v) is 4.92. The molecular formula is C21H18N2O3S2. The number of rotatable bonds is 4. The number of hydrogen-bond acceptors (Lipinski definition) is 6. The molecule has 1 atom stereocenters. The van der Waals surface area contributed by atoms with E-state index in [-0.39, 0.29) is 12.2 Å². The molecule has 1 aliphatic heterocycles. The van der Waals surface area contributed by atoms with Crippen molar-refractivity contribution in [1.82, 2.24) is 4.57 Å². The molecule has 0 spiro atoms. The summed E-state index contributed by atoms with van der Waals surface area (Å²) in [6.45, 7) is 3.82. The maximum Gasteiger partial charge on any atom is 0.338 e. The van der Waals surface area contributed by atoms with Gasteiger partial charge in [-0.25, -0.2) is 9.79 Å². The van der Waals surface area contributed by atoms with E-state index < -0.39 is 12.0 Å². The number of nitrogens with zero attached hydrogens (tertiary/aromatic N) is 2. The third-order valence-electron chi connectivity index (χ3n) is 4.47. The Morgan fingerprint density at radius 2 is 2.07 bits per heavy atom. The first-order valence-corrected chi connectivity index (χ1v) is 10.6. The van der Waals surface area contributed by atoms with Crippen LogP contribution < -0.4 is 14.9 Å². The second kappa shape index (κ2) is 7.69. The van der Waals surface area contributed by atoms with Gasteiger partial charge < -0.3 is 4.74 Å². The zero-order valence-corrected chi connectivity index (χ0v) is 17.0. The van der Waals surface area contributed by atoms with Crippen LogP contribution in [-0.2, 0) is 9.53 Å². The lowest BCUT2D eigenvalue weighted by molar-refractivity contribution is -0.139. The molecule has 142 valence electrons. The summed E-state index contributed by atoms with van der Waals surface area (Å²) < 4.78 is 7.48. The van der Waals surface area contributed by atoms with Crippen molar-refractivity contribution in [2.24, 2.45) is 4.99 Å². The van der Waals surface area contributed by atoms with E-state index in [9.17, 15) is 9.59 Å². The topological polar surface area (TPSA) is 60.7 Å². The molecule has 2 aromatic heterocycles. The van der Waals surface area contributed by atoms with Gasteiger partial charge in [0.05, 0.1) is 28.5 Å². The number of carbonyl (C=O) groups is 1. The highest BCUT2D eigenvalue weighted by molar-refractivity contribution is 7.08.